The number of benzene rings is 3. The topological polar surface area (TPSA) is 48.0 Å². The molecule has 0 atom stereocenters. The lowest BCUT2D eigenvalue weighted by Gasteiger charge is -2.26. The van der Waals surface area contributed by atoms with Gasteiger partial charge in [0.25, 0.3) is 0 Å². The van der Waals surface area contributed by atoms with Crippen LogP contribution >= 0.6 is 22.9 Å². The van der Waals surface area contributed by atoms with Crippen LogP contribution in [0.2, 0.25) is 5.02 Å². The highest BCUT2D eigenvalue weighted by atomic mass is 35.5. The van der Waals surface area contributed by atoms with Crippen molar-refractivity contribution < 1.29 is 19.0 Å². The lowest BCUT2D eigenvalue weighted by atomic mass is 9.97. The number of piperidine rings is 1. The molecule has 1 aromatic heterocycles. The number of carbonyl (C=O) groups excluding carboxylic acids is 1. The predicted octanol–water partition coefficient (Wildman–Crippen LogP) is 7.33. The Morgan fingerprint density at radius 1 is 0.919 bits per heavy atom. The van der Waals surface area contributed by atoms with Gasteiger partial charge in [-0.3, -0.25) is 9.69 Å². The monoisotopic (exact) mass is 535 g/mol. The number of hydrogen-bond acceptors (Lipinski definition) is 6. The summed E-state index contributed by atoms with van der Waals surface area (Å²) >= 11 is 7.99. The Bertz CT molecular complexity index is 1390. The van der Waals surface area contributed by atoms with Crippen LogP contribution in [0.5, 0.6) is 17.2 Å². The molecule has 5 rings (SSSR count). The number of ether oxygens (including phenoxy) is 3. The quantitative estimate of drug-likeness (QED) is 0.210. The lowest BCUT2D eigenvalue weighted by Crippen LogP contribution is -2.33. The van der Waals surface area contributed by atoms with Gasteiger partial charge in [-0.2, -0.15) is 0 Å². The SMILES string of the molecule is COc1ccc2c(C(=O)c3ccc(OCCN4CCCCC4)cc3)c(-c3ccc(OC)c(Cl)c3)sc2c1. The van der Waals surface area contributed by atoms with Crippen molar-refractivity contribution in [1.29, 1.82) is 0 Å². The number of rotatable bonds is 9. The minimum Gasteiger partial charge on any atom is -0.497 e. The molecule has 0 amide bonds. The summed E-state index contributed by atoms with van der Waals surface area (Å²) in [5, 5.41) is 1.39. The summed E-state index contributed by atoms with van der Waals surface area (Å²) in [6.45, 7) is 3.88. The van der Waals surface area contributed by atoms with Gasteiger partial charge < -0.3 is 14.2 Å². The molecule has 1 aliphatic rings. The molecule has 4 aromatic rings. The van der Waals surface area contributed by atoms with Crippen molar-refractivity contribution in [2.75, 3.05) is 40.5 Å². The molecular formula is C30H30ClNO4S. The lowest BCUT2D eigenvalue weighted by molar-refractivity contribution is 0.104. The number of ketones is 1. The van der Waals surface area contributed by atoms with Gasteiger partial charge in [-0.05, 0) is 92.2 Å². The van der Waals surface area contributed by atoms with Crippen molar-refractivity contribution >= 4 is 38.8 Å². The van der Waals surface area contributed by atoms with Gasteiger partial charge in [0.2, 0.25) is 0 Å². The zero-order valence-electron chi connectivity index (χ0n) is 21.1. The van der Waals surface area contributed by atoms with E-state index in [9.17, 15) is 4.79 Å². The number of fused-ring (bicyclic) bond motifs is 1. The van der Waals surface area contributed by atoms with Gasteiger partial charge in [-0.1, -0.05) is 18.0 Å². The summed E-state index contributed by atoms with van der Waals surface area (Å²) in [6.07, 6.45) is 3.87. The van der Waals surface area contributed by atoms with Crippen molar-refractivity contribution in [1.82, 2.24) is 4.90 Å². The smallest absolute Gasteiger partial charge is 0.195 e. The number of carbonyl (C=O) groups is 1. The van der Waals surface area contributed by atoms with E-state index in [0.29, 0.717) is 28.5 Å². The van der Waals surface area contributed by atoms with Gasteiger partial charge in [0.05, 0.1) is 19.2 Å². The molecule has 1 aliphatic heterocycles. The molecule has 1 fully saturated rings. The fourth-order valence-corrected chi connectivity index (χ4v) is 6.24. The average molecular weight is 536 g/mol. The van der Waals surface area contributed by atoms with Crippen LogP contribution in [0.4, 0.5) is 0 Å². The number of likely N-dealkylation sites (tertiary alicyclic amines) is 1. The third-order valence-electron chi connectivity index (χ3n) is 6.78. The van der Waals surface area contributed by atoms with E-state index in [1.807, 2.05) is 60.7 Å². The van der Waals surface area contributed by atoms with Gasteiger partial charge in [0.15, 0.2) is 5.78 Å². The molecule has 0 N–H and O–H groups in total. The second kappa shape index (κ2) is 11.5. The Kier molecular flexibility index (Phi) is 7.99. The van der Waals surface area contributed by atoms with Crippen LogP contribution in [0.15, 0.2) is 60.7 Å². The van der Waals surface area contributed by atoms with Crippen molar-refractivity contribution in [2.45, 2.75) is 19.3 Å². The number of methoxy groups -OCH3 is 2. The maximum atomic E-state index is 13.9. The van der Waals surface area contributed by atoms with Gasteiger partial charge in [0.1, 0.15) is 23.9 Å². The van der Waals surface area contributed by atoms with Gasteiger partial charge in [-0.15, -0.1) is 11.3 Å². The molecule has 1 saturated heterocycles. The minimum absolute atomic E-state index is 0.0433. The van der Waals surface area contributed by atoms with E-state index in [4.69, 9.17) is 25.8 Å². The Labute approximate surface area is 226 Å². The van der Waals surface area contributed by atoms with E-state index in [1.165, 1.54) is 19.3 Å². The summed E-state index contributed by atoms with van der Waals surface area (Å²) in [5.74, 6) is 2.07. The maximum absolute atomic E-state index is 13.9. The Hall–Kier alpha value is -3.06. The first kappa shape index (κ1) is 25.6. The molecule has 192 valence electrons. The third kappa shape index (κ3) is 5.61. The zero-order chi connectivity index (χ0) is 25.8. The summed E-state index contributed by atoms with van der Waals surface area (Å²) in [6, 6.07) is 18.8. The highest BCUT2D eigenvalue weighted by Gasteiger charge is 2.23. The molecule has 3 aromatic carbocycles. The molecule has 0 radical (unpaired) electrons. The van der Waals surface area contributed by atoms with E-state index in [0.717, 1.165) is 51.7 Å². The van der Waals surface area contributed by atoms with Crippen LogP contribution in [0.25, 0.3) is 20.5 Å². The van der Waals surface area contributed by atoms with Crippen LogP contribution in [-0.4, -0.2) is 51.1 Å². The summed E-state index contributed by atoms with van der Waals surface area (Å²) in [4.78, 5) is 17.2. The van der Waals surface area contributed by atoms with Gasteiger partial charge in [-0.25, -0.2) is 0 Å². The number of halogens is 1. The normalized spacial score (nSPS) is 14.0. The fraction of sp³-hybridized carbons (Fsp3) is 0.300. The van der Waals surface area contributed by atoms with Crippen LogP contribution in [0.1, 0.15) is 35.2 Å². The second-order valence-corrected chi connectivity index (χ2v) is 10.6. The van der Waals surface area contributed by atoms with Gasteiger partial charge >= 0.3 is 0 Å². The summed E-state index contributed by atoms with van der Waals surface area (Å²) in [5.41, 5.74) is 2.13. The first-order chi connectivity index (χ1) is 18.1. The van der Waals surface area contributed by atoms with Crippen molar-refractivity contribution in [3.63, 3.8) is 0 Å². The Balaban J connectivity index is 1.42. The highest BCUT2D eigenvalue weighted by Crippen LogP contribution is 2.43. The van der Waals surface area contributed by atoms with E-state index in [2.05, 4.69) is 4.90 Å². The zero-order valence-corrected chi connectivity index (χ0v) is 22.7. The average Bonchev–Trinajstić information content (AvgIpc) is 3.32. The molecule has 0 spiro atoms. The van der Waals surface area contributed by atoms with E-state index in [-0.39, 0.29) is 5.78 Å². The first-order valence-electron chi connectivity index (χ1n) is 12.5. The molecule has 0 saturated carbocycles. The van der Waals surface area contributed by atoms with Crippen LogP contribution in [-0.2, 0) is 0 Å². The largest absolute Gasteiger partial charge is 0.497 e. The Morgan fingerprint density at radius 3 is 2.38 bits per heavy atom. The number of nitrogens with zero attached hydrogens (tertiary/aromatic N) is 1. The summed E-state index contributed by atoms with van der Waals surface area (Å²) in [7, 11) is 3.23. The molecular weight excluding hydrogens is 506 g/mol. The second-order valence-electron chi connectivity index (χ2n) is 9.12. The van der Waals surface area contributed by atoms with Crippen molar-refractivity contribution in [2.24, 2.45) is 0 Å². The molecule has 5 nitrogen and oxygen atoms in total. The number of thiophene rings is 1. The molecule has 37 heavy (non-hydrogen) atoms. The van der Waals surface area contributed by atoms with Crippen molar-refractivity contribution in [3.05, 3.63) is 76.8 Å². The molecule has 0 bridgehead atoms. The van der Waals surface area contributed by atoms with E-state index in [1.54, 1.807) is 25.6 Å². The van der Waals surface area contributed by atoms with Crippen LogP contribution in [0, 0.1) is 0 Å². The Morgan fingerprint density at radius 2 is 1.68 bits per heavy atom. The number of hydrogen-bond donors (Lipinski definition) is 0. The standard InChI is InChI=1S/C30H30ClNO4S/c1-34-23-11-12-24-27(19-23)37-30(21-8-13-26(35-2)25(31)18-21)28(24)29(33)20-6-9-22(10-7-20)36-17-16-32-14-4-3-5-15-32/h6-13,18-19H,3-5,14-17H2,1-2H3. The van der Waals surface area contributed by atoms with Gasteiger partial charge in [0, 0.05) is 32.6 Å². The summed E-state index contributed by atoms with van der Waals surface area (Å²) < 4.78 is 17.7. The first-order valence-corrected chi connectivity index (χ1v) is 13.7. The molecule has 7 heteroatoms. The maximum Gasteiger partial charge on any atom is 0.195 e. The van der Waals surface area contributed by atoms with Crippen LogP contribution in [0.3, 0.4) is 0 Å². The predicted molar refractivity (Wildman–Crippen MR) is 151 cm³/mol. The van der Waals surface area contributed by atoms with Crippen molar-refractivity contribution in [3.8, 4) is 27.7 Å². The molecule has 0 aliphatic carbocycles. The van der Waals surface area contributed by atoms with E-state index >= 15 is 0 Å². The molecule has 0 unspecified atom stereocenters. The van der Waals surface area contributed by atoms with E-state index < -0.39 is 0 Å². The minimum atomic E-state index is -0.0433. The third-order valence-corrected chi connectivity index (χ3v) is 8.28. The molecule has 2 heterocycles. The van der Waals surface area contributed by atoms with Crippen LogP contribution < -0.4 is 14.2 Å². The fourth-order valence-electron chi connectivity index (χ4n) is 4.76. The highest BCUT2D eigenvalue weighted by molar-refractivity contribution is 7.22.